The Hall–Kier alpha value is -0.470. The second-order valence-electron chi connectivity index (χ2n) is 5.92. The summed E-state index contributed by atoms with van der Waals surface area (Å²) in [5, 5.41) is 1.90. The van der Waals surface area contributed by atoms with Gasteiger partial charge in [0.2, 0.25) is 10.0 Å². The molecule has 3 rings (SSSR count). The predicted molar refractivity (Wildman–Crippen MR) is 84.9 cm³/mol. The lowest BCUT2D eigenvalue weighted by Gasteiger charge is -2.25. The average molecular weight is 329 g/mol. The number of sulfonamides is 1. The van der Waals surface area contributed by atoms with Crippen LogP contribution in [0.5, 0.6) is 0 Å². The summed E-state index contributed by atoms with van der Waals surface area (Å²) in [6.45, 7) is 5.53. The summed E-state index contributed by atoms with van der Waals surface area (Å²) in [6.07, 6.45) is 3.21. The van der Waals surface area contributed by atoms with Crippen molar-refractivity contribution in [2.24, 2.45) is 5.73 Å². The minimum atomic E-state index is -3.42. The Morgan fingerprint density at radius 3 is 2.86 bits per heavy atom. The SMILES string of the molecule is Cc1csc(CN)c1S(=O)(=O)N1CCCN2CCCC2C1. The van der Waals surface area contributed by atoms with E-state index in [1.165, 1.54) is 17.8 Å². The molecule has 7 heteroatoms. The van der Waals surface area contributed by atoms with Gasteiger partial charge in [-0.2, -0.15) is 4.31 Å². The van der Waals surface area contributed by atoms with E-state index in [2.05, 4.69) is 4.90 Å². The molecule has 2 fully saturated rings. The van der Waals surface area contributed by atoms with E-state index < -0.39 is 10.0 Å². The highest BCUT2D eigenvalue weighted by molar-refractivity contribution is 7.89. The number of nitrogens with two attached hydrogens (primary N) is 1. The van der Waals surface area contributed by atoms with Crippen LogP contribution in [0.2, 0.25) is 0 Å². The van der Waals surface area contributed by atoms with Crippen LogP contribution >= 0.6 is 11.3 Å². The Labute approximate surface area is 130 Å². The van der Waals surface area contributed by atoms with Crippen LogP contribution in [0.4, 0.5) is 0 Å². The standard InChI is InChI=1S/C14H23N3O2S2/c1-11-10-20-13(8-15)14(11)21(18,19)17-7-3-6-16-5-2-4-12(16)9-17/h10,12H,2-9,15H2,1H3. The molecule has 1 atom stereocenters. The molecule has 5 nitrogen and oxygen atoms in total. The smallest absolute Gasteiger partial charge is 0.244 e. The lowest BCUT2D eigenvalue weighted by molar-refractivity contribution is 0.257. The van der Waals surface area contributed by atoms with Crippen molar-refractivity contribution in [3.05, 3.63) is 15.8 Å². The van der Waals surface area contributed by atoms with Gasteiger partial charge in [-0.05, 0) is 50.2 Å². The molecular weight excluding hydrogens is 306 g/mol. The van der Waals surface area contributed by atoms with Crippen molar-refractivity contribution in [2.75, 3.05) is 26.2 Å². The highest BCUT2D eigenvalue weighted by Crippen LogP contribution is 2.31. The second-order valence-corrected chi connectivity index (χ2v) is 8.76. The molecule has 1 aromatic heterocycles. The summed E-state index contributed by atoms with van der Waals surface area (Å²) in [5.74, 6) is 0. The Kier molecular flexibility index (Phi) is 4.38. The molecule has 3 heterocycles. The third-order valence-electron chi connectivity index (χ3n) is 4.54. The fourth-order valence-corrected chi connectivity index (χ4v) is 6.66. The van der Waals surface area contributed by atoms with Gasteiger partial charge in [0.25, 0.3) is 0 Å². The van der Waals surface area contributed by atoms with Crippen molar-refractivity contribution in [1.82, 2.24) is 9.21 Å². The maximum Gasteiger partial charge on any atom is 0.244 e. The van der Waals surface area contributed by atoms with E-state index in [0.29, 0.717) is 24.0 Å². The fourth-order valence-electron chi connectivity index (χ4n) is 3.49. The number of aryl methyl sites for hydroxylation is 1. The van der Waals surface area contributed by atoms with Crippen LogP contribution in [-0.4, -0.2) is 49.8 Å². The summed E-state index contributed by atoms with van der Waals surface area (Å²) < 4.78 is 27.8. The molecule has 0 spiro atoms. The predicted octanol–water partition coefficient (Wildman–Crippen LogP) is 1.37. The summed E-state index contributed by atoms with van der Waals surface area (Å²) in [6, 6.07) is 0.391. The van der Waals surface area contributed by atoms with Crippen molar-refractivity contribution < 1.29 is 8.42 Å². The Morgan fingerprint density at radius 2 is 2.10 bits per heavy atom. The number of hydrogen-bond donors (Lipinski definition) is 1. The van der Waals surface area contributed by atoms with Crippen LogP contribution in [0.1, 0.15) is 29.7 Å². The monoisotopic (exact) mass is 329 g/mol. The fraction of sp³-hybridized carbons (Fsp3) is 0.714. The largest absolute Gasteiger partial charge is 0.326 e. The lowest BCUT2D eigenvalue weighted by atomic mass is 10.2. The zero-order chi connectivity index (χ0) is 15.0. The Morgan fingerprint density at radius 1 is 1.33 bits per heavy atom. The second kappa shape index (κ2) is 5.96. The van der Waals surface area contributed by atoms with Crippen LogP contribution in [0.15, 0.2) is 10.3 Å². The van der Waals surface area contributed by atoms with Crippen molar-refractivity contribution >= 4 is 21.4 Å². The first-order chi connectivity index (χ1) is 10.0. The van der Waals surface area contributed by atoms with Gasteiger partial charge in [-0.3, -0.25) is 4.90 Å². The zero-order valence-electron chi connectivity index (χ0n) is 12.4. The quantitative estimate of drug-likeness (QED) is 0.910. The van der Waals surface area contributed by atoms with E-state index in [9.17, 15) is 8.42 Å². The van der Waals surface area contributed by atoms with Crippen LogP contribution in [-0.2, 0) is 16.6 Å². The van der Waals surface area contributed by atoms with E-state index in [-0.39, 0.29) is 6.54 Å². The topological polar surface area (TPSA) is 66.6 Å². The molecule has 0 amide bonds. The summed E-state index contributed by atoms with van der Waals surface area (Å²) in [7, 11) is -3.42. The van der Waals surface area contributed by atoms with Gasteiger partial charge in [0.15, 0.2) is 0 Å². The van der Waals surface area contributed by atoms with Gasteiger partial charge in [-0.1, -0.05) is 0 Å². The van der Waals surface area contributed by atoms with Crippen LogP contribution in [0.25, 0.3) is 0 Å². The minimum Gasteiger partial charge on any atom is -0.326 e. The maximum absolute atomic E-state index is 13.0. The van der Waals surface area contributed by atoms with E-state index >= 15 is 0 Å². The van der Waals surface area contributed by atoms with Gasteiger partial charge < -0.3 is 5.73 Å². The number of rotatable bonds is 3. The normalized spacial score (nSPS) is 25.0. The Balaban J connectivity index is 1.92. The van der Waals surface area contributed by atoms with E-state index in [1.54, 1.807) is 4.31 Å². The first-order valence-electron chi connectivity index (χ1n) is 7.55. The minimum absolute atomic E-state index is 0.288. The highest BCUT2D eigenvalue weighted by Gasteiger charge is 2.36. The number of fused-ring (bicyclic) bond motifs is 1. The van der Waals surface area contributed by atoms with Crippen LogP contribution in [0.3, 0.4) is 0 Å². The highest BCUT2D eigenvalue weighted by atomic mass is 32.2. The van der Waals surface area contributed by atoms with Gasteiger partial charge in [-0.25, -0.2) is 8.42 Å². The molecule has 2 aliphatic rings. The van der Waals surface area contributed by atoms with E-state index in [0.717, 1.165) is 36.4 Å². The Bertz CT molecular complexity index is 612. The third-order valence-corrected chi connectivity index (χ3v) is 7.89. The molecule has 118 valence electrons. The molecule has 0 aromatic carbocycles. The molecule has 1 aromatic rings. The molecule has 21 heavy (non-hydrogen) atoms. The molecule has 2 saturated heterocycles. The number of hydrogen-bond acceptors (Lipinski definition) is 5. The van der Waals surface area contributed by atoms with Gasteiger partial charge in [0, 0.05) is 30.6 Å². The molecule has 0 bridgehead atoms. The van der Waals surface area contributed by atoms with Crippen LogP contribution < -0.4 is 5.73 Å². The molecule has 2 N–H and O–H groups in total. The molecule has 1 unspecified atom stereocenters. The summed E-state index contributed by atoms with van der Waals surface area (Å²) in [4.78, 5) is 3.68. The van der Waals surface area contributed by atoms with Gasteiger partial charge >= 0.3 is 0 Å². The summed E-state index contributed by atoms with van der Waals surface area (Å²) >= 11 is 1.45. The van der Waals surface area contributed by atoms with Gasteiger partial charge in [0.1, 0.15) is 4.90 Å². The number of nitrogens with zero attached hydrogens (tertiary/aromatic N) is 2. The first-order valence-corrected chi connectivity index (χ1v) is 9.87. The van der Waals surface area contributed by atoms with Gasteiger partial charge in [-0.15, -0.1) is 11.3 Å². The first kappa shape index (κ1) is 15.4. The lowest BCUT2D eigenvalue weighted by Crippen LogP contribution is -2.40. The van der Waals surface area contributed by atoms with Crippen molar-refractivity contribution in [3.8, 4) is 0 Å². The van der Waals surface area contributed by atoms with Crippen molar-refractivity contribution in [3.63, 3.8) is 0 Å². The molecule has 0 radical (unpaired) electrons. The zero-order valence-corrected chi connectivity index (χ0v) is 14.0. The maximum atomic E-state index is 13.0. The summed E-state index contributed by atoms with van der Waals surface area (Å²) in [5.41, 5.74) is 6.55. The van der Waals surface area contributed by atoms with E-state index in [4.69, 9.17) is 5.73 Å². The molecule has 2 aliphatic heterocycles. The van der Waals surface area contributed by atoms with Crippen LogP contribution in [0, 0.1) is 6.92 Å². The number of thiophene rings is 1. The molecule has 0 saturated carbocycles. The van der Waals surface area contributed by atoms with Crippen molar-refractivity contribution in [1.29, 1.82) is 0 Å². The molecule has 0 aliphatic carbocycles. The third kappa shape index (κ3) is 2.77. The van der Waals surface area contributed by atoms with E-state index in [1.807, 2.05) is 12.3 Å². The van der Waals surface area contributed by atoms with Gasteiger partial charge in [0.05, 0.1) is 0 Å². The van der Waals surface area contributed by atoms with Crippen molar-refractivity contribution in [2.45, 2.75) is 43.7 Å². The molecular formula is C14H23N3O2S2. The average Bonchev–Trinajstić information content (AvgIpc) is 2.99.